The fourth-order valence-corrected chi connectivity index (χ4v) is 3.93. The molecule has 2 aliphatic rings. The minimum Gasteiger partial charge on any atom is -0.493 e. The van der Waals surface area contributed by atoms with Crippen molar-refractivity contribution in [1.29, 1.82) is 0 Å². The highest BCUT2D eigenvalue weighted by molar-refractivity contribution is 5.94. The van der Waals surface area contributed by atoms with Gasteiger partial charge in [0.25, 0.3) is 5.91 Å². The van der Waals surface area contributed by atoms with Crippen molar-refractivity contribution in [2.75, 3.05) is 0 Å². The van der Waals surface area contributed by atoms with E-state index < -0.39 is 0 Å². The zero-order chi connectivity index (χ0) is 14.4. The van der Waals surface area contributed by atoms with Crippen LogP contribution in [-0.2, 0) is 4.79 Å². The van der Waals surface area contributed by atoms with Crippen LogP contribution in [0, 0.1) is 17.8 Å². The second-order valence-electron chi connectivity index (χ2n) is 6.19. The summed E-state index contributed by atoms with van der Waals surface area (Å²) in [7, 11) is 0. The smallest absolute Gasteiger partial charge is 0.268 e. The number of nitrogens with one attached hydrogen (secondary N) is 1. The number of azo groups is 1. The van der Waals surface area contributed by atoms with Crippen molar-refractivity contribution in [3.63, 3.8) is 0 Å². The maximum Gasteiger partial charge on any atom is 0.268 e. The lowest BCUT2D eigenvalue weighted by Gasteiger charge is -2.17. The number of benzene rings is 1. The fraction of sp³-hybridized carbons (Fsp3) is 0.438. The van der Waals surface area contributed by atoms with Gasteiger partial charge in [-0.3, -0.25) is 4.79 Å². The summed E-state index contributed by atoms with van der Waals surface area (Å²) in [5.74, 6) is 1.08. The first kappa shape index (κ1) is 12.6. The van der Waals surface area contributed by atoms with Gasteiger partial charge in [0.05, 0.1) is 5.52 Å². The third-order valence-electron chi connectivity index (χ3n) is 4.96. The Morgan fingerprint density at radius 3 is 2.86 bits per heavy atom. The molecule has 0 saturated heterocycles. The zero-order valence-corrected chi connectivity index (χ0v) is 11.6. The molecule has 0 radical (unpaired) electrons. The van der Waals surface area contributed by atoms with Crippen molar-refractivity contribution in [2.24, 2.45) is 28.0 Å². The molecule has 2 fully saturated rings. The van der Waals surface area contributed by atoms with Crippen LogP contribution in [-0.4, -0.2) is 16.0 Å². The first-order valence-corrected chi connectivity index (χ1v) is 7.47. The molecule has 3 atom stereocenters. The number of H-pyrrole nitrogens is 1. The van der Waals surface area contributed by atoms with Crippen LogP contribution in [0.1, 0.15) is 25.7 Å². The van der Waals surface area contributed by atoms with Gasteiger partial charge in [-0.2, -0.15) is 0 Å². The number of carbonyl (C=O) groups is 1. The third-order valence-corrected chi connectivity index (χ3v) is 4.96. The second kappa shape index (κ2) is 4.69. The molecule has 5 nitrogen and oxygen atoms in total. The first-order valence-electron chi connectivity index (χ1n) is 7.47. The normalized spacial score (nSPS) is 27.9. The Morgan fingerprint density at radius 2 is 2.10 bits per heavy atom. The Kier molecular flexibility index (Phi) is 2.80. The van der Waals surface area contributed by atoms with Gasteiger partial charge in [0, 0.05) is 11.3 Å². The number of carbonyl (C=O) groups excluding carboxylic acids is 1. The van der Waals surface area contributed by atoms with Crippen LogP contribution >= 0.6 is 0 Å². The lowest BCUT2D eigenvalue weighted by molar-refractivity contribution is -0.123. The van der Waals surface area contributed by atoms with Crippen molar-refractivity contribution in [1.82, 2.24) is 4.98 Å². The highest BCUT2D eigenvalue weighted by Gasteiger charge is 2.43. The van der Waals surface area contributed by atoms with Crippen LogP contribution in [0.3, 0.4) is 0 Å². The van der Waals surface area contributed by atoms with Gasteiger partial charge in [0.15, 0.2) is 5.69 Å². The van der Waals surface area contributed by atoms with E-state index in [2.05, 4.69) is 15.2 Å². The largest absolute Gasteiger partial charge is 0.493 e. The van der Waals surface area contributed by atoms with Crippen molar-refractivity contribution in [3.05, 3.63) is 24.3 Å². The summed E-state index contributed by atoms with van der Waals surface area (Å²) in [6, 6.07) is 7.44. The standard InChI is InChI=1S/C16H17N3O2/c20-15(12-8-9-5-6-10(12)7-9)19-18-14-11-3-1-2-4-13(11)17-16(14)21/h1-4,9-10,12,17,21H,5-8H2/t9-,10-,12+/m1/s1. The summed E-state index contributed by atoms with van der Waals surface area (Å²) in [5, 5.41) is 18.6. The molecule has 1 aromatic carbocycles. The van der Waals surface area contributed by atoms with E-state index in [4.69, 9.17) is 0 Å². The van der Waals surface area contributed by atoms with Crippen LogP contribution in [0.2, 0.25) is 0 Å². The Labute approximate surface area is 122 Å². The topological polar surface area (TPSA) is 77.8 Å². The zero-order valence-electron chi connectivity index (χ0n) is 11.6. The number of fused-ring (bicyclic) bond motifs is 3. The lowest BCUT2D eigenvalue weighted by atomic mass is 9.88. The van der Waals surface area contributed by atoms with E-state index in [1.54, 1.807) is 0 Å². The Morgan fingerprint density at radius 1 is 1.24 bits per heavy atom. The SMILES string of the molecule is O=C(N=Nc1c(O)[nH]c2ccccc12)[C@H]1C[C@@H]2CC[C@@H]1C2. The fourth-order valence-electron chi connectivity index (χ4n) is 3.93. The van der Waals surface area contributed by atoms with Gasteiger partial charge < -0.3 is 10.1 Å². The molecule has 0 aliphatic heterocycles. The molecular weight excluding hydrogens is 266 g/mol. The van der Waals surface area contributed by atoms with E-state index in [9.17, 15) is 9.90 Å². The molecule has 2 bridgehead atoms. The van der Waals surface area contributed by atoms with Gasteiger partial charge in [0.2, 0.25) is 5.88 Å². The van der Waals surface area contributed by atoms with Crippen molar-refractivity contribution < 1.29 is 9.90 Å². The van der Waals surface area contributed by atoms with Gasteiger partial charge in [-0.25, -0.2) is 0 Å². The Balaban J connectivity index is 1.59. The highest BCUT2D eigenvalue weighted by atomic mass is 16.3. The maximum absolute atomic E-state index is 12.2. The molecule has 1 amide bonds. The van der Waals surface area contributed by atoms with Gasteiger partial charge in [-0.1, -0.05) is 24.6 Å². The van der Waals surface area contributed by atoms with Crippen LogP contribution in [0.15, 0.2) is 34.5 Å². The van der Waals surface area contributed by atoms with Crippen molar-refractivity contribution in [3.8, 4) is 5.88 Å². The monoisotopic (exact) mass is 283 g/mol. The Bertz CT molecular complexity index is 734. The van der Waals surface area contributed by atoms with Crippen LogP contribution < -0.4 is 0 Å². The van der Waals surface area contributed by atoms with E-state index in [0.29, 0.717) is 17.5 Å². The summed E-state index contributed by atoms with van der Waals surface area (Å²) < 4.78 is 0. The summed E-state index contributed by atoms with van der Waals surface area (Å²) in [6.45, 7) is 0. The quantitative estimate of drug-likeness (QED) is 0.819. The van der Waals surface area contributed by atoms with Crippen LogP contribution in [0.4, 0.5) is 5.69 Å². The van der Waals surface area contributed by atoms with Crippen LogP contribution in [0.25, 0.3) is 10.9 Å². The predicted molar refractivity (Wildman–Crippen MR) is 78.4 cm³/mol. The molecule has 4 rings (SSSR count). The summed E-state index contributed by atoms with van der Waals surface area (Å²) in [5.41, 5.74) is 1.14. The minimum atomic E-state index is -0.133. The van der Waals surface area contributed by atoms with E-state index in [0.717, 1.165) is 23.7 Å². The molecule has 108 valence electrons. The number of hydrogen-bond acceptors (Lipinski definition) is 3. The first-order chi connectivity index (χ1) is 10.2. The average molecular weight is 283 g/mol. The van der Waals surface area contributed by atoms with Gasteiger partial charge in [0.1, 0.15) is 0 Å². The Hall–Kier alpha value is -2.17. The van der Waals surface area contributed by atoms with Gasteiger partial charge in [-0.15, -0.1) is 10.2 Å². The summed E-state index contributed by atoms with van der Waals surface area (Å²) in [6.07, 6.45) is 4.54. The molecule has 0 spiro atoms. The summed E-state index contributed by atoms with van der Waals surface area (Å²) >= 11 is 0. The van der Waals surface area contributed by atoms with Crippen LogP contribution in [0.5, 0.6) is 5.88 Å². The predicted octanol–water partition coefficient (Wildman–Crippen LogP) is 3.92. The van der Waals surface area contributed by atoms with Crippen molar-refractivity contribution in [2.45, 2.75) is 25.7 Å². The molecular formula is C16H17N3O2. The molecule has 0 unspecified atom stereocenters. The number of nitrogens with zero attached hydrogens (tertiary/aromatic N) is 2. The number of rotatable bonds is 2. The van der Waals surface area contributed by atoms with E-state index >= 15 is 0 Å². The maximum atomic E-state index is 12.2. The molecule has 21 heavy (non-hydrogen) atoms. The lowest BCUT2D eigenvalue weighted by Crippen LogP contribution is -2.18. The highest BCUT2D eigenvalue weighted by Crippen LogP contribution is 2.48. The third kappa shape index (κ3) is 2.04. The molecule has 2 N–H and O–H groups in total. The number of aromatic amines is 1. The second-order valence-corrected chi connectivity index (χ2v) is 6.19. The number of aromatic hydroxyl groups is 1. The number of aromatic nitrogens is 1. The van der Waals surface area contributed by atoms with Gasteiger partial charge >= 0.3 is 0 Å². The molecule has 2 saturated carbocycles. The summed E-state index contributed by atoms with van der Waals surface area (Å²) in [4.78, 5) is 15.1. The van der Waals surface area contributed by atoms with Crippen molar-refractivity contribution >= 4 is 22.5 Å². The number of amides is 1. The molecule has 5 heteroatoms. The van der Waals surface area contributed by atoms with E-state index in [-0.39, 0.29) is 17.7 Å². The average Bonchev–Trinajstić information content (AvgIpc) is 3.18. The molecule has 2 aliphatic carbocycles. The molecule has 1 aromatic heterocycles. The minimum absolute atomic E-state index is 0.0410. The van der Waals surface area contributed by atoms with E-state index in [1.165, 1.54) is 12.8 Å². The van der Waals surface area contributed by atoms with E-state index in [1.807, 2.05) is 24.3 Å². The molecule has 1 heterocycles. The van der Waals surface area contributed by atoms with Gasteiger partial charge in [-0.05, 0) is 37.2 Å². The molecule has 2 aromatic rings. The number of para-hydroxylation sites is 1. The number of hydrogen-bond donors (Lipinski definition) is 2.